The lowest BCUT2D eigenvalue weighted by Crippen LogP contribution is -2.22. The number of hydrogen-bond donors (Lipinski definition) is 2. The maximum absolute atomic E-state index is 9.94. The minimum atomic E-state index is -0.914. The zero-order valence-electron chi connectivity index (χ0n) is 5.66. The van der Waals surface area contributed by atoms with Gasteiger partial charge in [-0.05, 0) is 0 Å². The molecule has 4 heteroatoms. The average molecular weight is 145 g/mol. The first-order valence-corrected chi connectivity index (χ1v) is 2.93. The van der Waals surface area contributed by atoms with Crippen LogP contribution in [0.15, 0.2) is 12.7 Å². The van der Waals surface area contributed by atoms with Crippen molar-refractivity contribution < 1.29 is 15.1 Å². The summed E-state index contributed by atoms with van der Waals surface area (Å²) >= 11 is 0. The van der Waals surface area contributed by atoms with Crippen LogP contribution in [0.3, 0.4) is 0 Å². The van der Waals surface area contributed by atoms with E-state index in [1.54, 1.807) is 0 Å². The number of carboxylic acid groups (broad SMARTS) is 1. The van der Waals surface area contributed by atoms with E-state index in [4.69, 9.17) is 10.3 Å². The van der Waals surface area contributed by atoms with Crippen LogP contribution in [-0.4, -0.2) is 34.4 Å². The van der Waals surface area contributed by atoms with Crippen molar-refractivity contribution in [1.82, 2.24) is 5.06 Å². The van der Waals surface area contributed by atoms with Gasteiger partial charge in [-0.1, -0.05) is 6.08 Å². The van der Waals surface area contributed by atoms with E-state index in [0.717, 1.165) is 5.06 Å². The van der Waals surface area contributed by atoms with Gasteiger partial charge < -0.3 is 10.3 Å². The molecule has 58 valence electrons. The highest BCUT2D eigenvalue weighted by Gasteiger charge is 2.00. The molecule has 0 spiro atoms. The largest absolute Gasteiger partial charge is 0.481 e. The van der Waals surface area contributed by atoms with Crippen molar-refractivity contribution in [2.75, 3.05) is 13.1 Å². The van der Waals surface area contributed by atoms with Crippen LogP contribution < -0.4 is 0 Å². The molecular formula is C6H11NO3. The number of rotatable bonds is 5. The zero-order valence-corrected chi connectivity index (χ0v) is 5.66. The summed E-state index contributed by atoms with van der Waals surface area (Å²) in [5.74, 6) is -0.914. The Labute approximate surface area is 59.3 Å². The third-order valence-corrected chi connectivity index (χ3v) is 0.924. The van der Waals surface area contributed by atoms with E-state index in [-0.39, 0.29) is 13.0 Å². The van der Waals surface area contributed by atoms with Gasteiger partial charge in [-0.3, -0.25) is 4.79 Å². The summed E-state index contributed by atoms with van der Waals surface area (Å²) in [7, 11) is 0. The van der Waals surface area contributed by atoms with Crippen molar-refractivity contribution in [3.05, 3.63) is 12.7 Å². The first-order chi connectivity index (χ1) is 4.66. The number of hydroxylamine groups is 2. The highest BCUT2D eigenvalue weighted by molar-refractivity contribution is 5.66. The second kappa shape index (κ2) is 4.96. The van der Waals surface area contributed by atoms with E-state index in [0.29, 0.717) is 6.54 Å². The monoisotopic (exact) mass is 145 g/mol. The summed E-state index contributed by atoms with van der Waals surface area (Å²) in [6, 6.07) is 0. The molecule has 10 heavy (non-hydrogen) atoms. The predicted molar refractivity (Wildman–Crippen MR) is 35.8 cm³/mol. The standard InChI is InChI=1S/C6H11NO3/c1-2-4-7(10)5-3-6(8)9/h2,10H,1,3-5H2,(H,8,9). The summed E-state index contributed by atoms with van der Waals surface area (Å²) < 4.78 is 0. The van der Waals surface area contributed by atoms with E-state index in [9.17, 15) is 4.79 Å². The number of hydrogen-bond acceptors (Lipinski definition) is 3. The van der Waals surface area contributed by atoms with Gasteiger partial charge in [0, 0.05) is 13.1 Å². The Kier molecular flexibility index (Phi) is 4.53. The van der Waals surface area contributed by atoms with Gasteiger partial charge in [0.25, 0.3) is 0 Å². The van der Waals surface area contributed by atoms with E-state index < -0.39 is 5.97 Å². The Morgan fingerprint density at radius 1 is 1.70 bits per heavy atom. The molecule has 0 aromatic heterocycles. The molecule has 0 rings (SSSR count). The van der Waals surface area contributed by atoms with Gasteiger partial charge in [-0.15, -0.1) is 6.58 Å². The molecule has 0 aliphatic carbocycles. The first kappa shape index (κ1) is 9.13. The van der Waals surface area contributed by atoms with Crippen LogP contribution in [0.2, 0.25) is 0 Å². The highest BCUT2D eigenvalue weighted by Crippen LogP contribution is 1.85. The van der Waals surface area contributed by atoms with Crippen molar-refractivity contribution in [1.29, 1.82) is 0 Å². The van der Waals surface area contributed by atoms with Crippen LogP contribution >= 0.6 is 0 Å². The van der Waals surface area contributed by atoms with E-state index in [1.807, 2.05) is 0 Å². The summed E-state index contributed by atoms with van der Waals surface area (Å²) in [6.45, 7) is 3.82. The fraction of sp³-hybridized carbons (Fsp3) is 0.500. The molecule has 0 saturated carbocycles. The van der Waals surface area contributed by atoms with Gasteiger partial charge in [0.15, 0.2) is 0 Å². The quantitative estimate of drug-likeness (QED) is 0.432. The van der Waals surface area contributed by atoms with Gasteiger partial charge in [-0.25, -0.2) is 0 Å². The SMILES string of the molecule is C=CCN(O)CCC(=O)O. The molecule has 0 heterocycles. The fourth-order valence-corrected chi connectivity index (χ4v) is 0.465. The van der Waals surface area contributed by atoms with Crippen LogP contribution in [0.25, 0.3) is 0 Å². The fourth-order valence-electron chi connectivity index (χ4n) is 0.465. The van der Waals surface area contributed by atoms with Gasteiger partial charge in [0.1, 0.15) is 0 Å². The molecule has 0 aromatic carbocycles. The third-order valence-electron chi connectivity index (χ3n) is 0.924. The van der Waals surface area contributed by atoms with E-state index >= 15 is 0 Å². The molecule has 0 aromatic rings. The topological polar surface area (TPSA) is 60.8 Å². The molecule has 2 N–H and O–H groups in total. The van der Waals surface area contributed by atoms with Crippen LogP contribution in [0, 0.1) is 0 Å². The second-order valence-corrected chi connectivity index (χ2v) is 1.85. The summed E-state index contributed by atoms with van der Waals surface area (Å²) in [5, 5.41) is 17.9. The molecule has 0 unspecified atom stereocenters. The van der Waals surface area contributed by atoms with Crippen molar-refractivity contribution in [3.63, 3.8) is 0 Å². The minimum absolute atomic E-state index is 0.0513. The van der Waals surface area contributed by atoms with Gasteiger partial charge in [0.05, 0.1) is 6.42 Å². The molecule has 0 amide bonds. The number of carboxylic acids is 1. The van der Waals surface area contributed by atoms with Gasteiger partial charge in [-0.2, -0.15) is 5.06 Å². The van der Waals surface area contributed by atoms with Crippen molar-refractivity contribution in [2.45, 2.75) is 6.42 Å². The maximum atomic E-state index is 9.94. The van der Waals surface area contributed by atoms with E-state index in [1.165, 1.54) is 6.08 Å². The normalized spacial score (nSPS) is 9.80. The Morgan fingerprint density at radius 2 is 2.30 bits per heavy atom. The molecule has 0 bridgehead atoms. The number of nitrogens with zero attached hydrogens (tertiary/aromatic N) is 1. The molecule has 0 aliphatic heterocycles. The molecule has 0 atom stereocenters. The van der Waals surface area contributed by atoms with Crippen molar-refractivity contribution in [2.24, 2.45) is 0 Å². The van der Waals surface area contributed by atoms with Gasteiger partial charge in [0.2, 0.25) is 0 Å². The lowest BCUT2D eigenvalue weighted by atomic mass is 10.4. The van der Waals surface area contributed by atoms with Crippen molar-refractivity contribution in [3.8, 4) is 0 Å². The van der Waals surface area contributed by atoms with Crippen LogP contribution in [0.5, 0.6) is 0 Å². The molecule has 4 nitrogen and oxygen atoms in total. The van der Waals surface area contributed by atoms with E-state index in [2.05, 4.69) is 6.58 Å². The lowest BCUT2D eigenvalue weighted by molar-refractivity contribution is -0.141. The predicted octanol–water partition coefficient (Wildman–Crippen LogP) is 0.338. The molecule has 0 aliphatic rings. The Morgan fingerprint density at radius 3 is 2.70 bits per heavy atom. The highest BCUT2D eigenvalue weighted by atomic mass is 16.5. The Hall–Kier alpha value is -0.870. The first-order valence-electron chi connectivity index (χ1n) is 2.93. The van der Waals surface area contributed by atoms with Crippen LogP contribution in [0.1, 0.15) is 6.42 Å². The van der Waals surface area contributed by atoms with Crippen LogP contribution in [0.4, 0.5) is 0 Å². The molecule has 0 radical (unpaired) electrons. The average Bonchev–Trinajstić information content (AvgIpc) is 1.85. The molecule has 0 saturated heterocycles. The van der Waals surface area contributed by atoms with Crippen LogP contribution in [-0.2, 0) is 4.79 Å². The number of carbonyl (C=O) groups is 1. The van der Waals surface area contributed by atoms with Crippen molar-refractivity contribution >= 4 is 5.97 Å². The lowest BCUT2D eigenvalue weighted by Gasteiger charge is -2.09. The smallest absolute Gasteiger partial charge is 0.304 e. The summed E-state index contributed by atoms with van der Waals surface area (Å²) in [4.78, 5) is 9.94. The number of aliphatic carboxylic acids is 1. The summed E-state index contributed by atoms with van der Waals surface area (Å²) in [6.07, 6.45) is 1.45. The maximum Gasteiger partial charge on any atom is 0.304 e. The molecule has 0 fully saturated rings. The minimum Gasteiger partial charge on any atom is -0.481 e. The summed E-state index contributed by atoms with van der Waals surface area (Å²) in [5.41, 5.74) is 0. The third kappa shape index (κ3) is 5.27. The molecular weight excluding hydrogens is 134 g/mol. The zero-order chi connectivity index (χ0) is 7.98. The van der Waals surface area contributed by atoms with Gasteiger partial charge >= 0.3 is 5.97 Å². The second-order valence-electron chi connectivity index (χ2n) is 1.85. The Balaban J connectivity index is 3.29. The Bertz CT molecular complexity index is 124.